The van der Waals surface area contributed by atoms with Crippen LogP contribution < -0.4 is 9.47 Å². The van der Waals surface area contributed by atoms with E-state index in [1.807, 2.05) is 4.90 Å². The number of carboxylic acid groups (broad SMARTS) is 1. The first-order chi connectivity index (χ1) is 11.1. The molecule has 0 spiro atoms. The minimum atomic E-state index is -0.817. The van der Waals surface area contributed by atoms with E-state index in [1.165, 1.54) is 0 Å². The van der Waals surface area contributed by atoms with Gasteiger partial charge in [0.1, 0.15) is 13.2 Å². The summed E-state index contributed by atoms with van der Waals surface area (Å²) in [5, 5.41) is 8.88. The number of amides is 1. The highest BCUT2D eigenvalue weighted by atomic mass is 16.6. The summed E-state index contributed by atoms with van der Waals surface area (Å²) in [6.45, 7) is 1.68. The number of hydrogen-bond donors (Lipinski definition) is 1. The van der Waals surface area contributed by atoms with Gasteiger partial charge < -0.3 is 19.5 Å². The van der Waals surface area contributed by atoms with Crippen molar-refractivity contribution in [3.05, 3.63) is 23.8 Å². The maximum atomic E-state index is 12.8. The highest BCUT2D eigenvalue weighted by Crippen LogP contribution is 2.32. The molecular weight excluding hydrogens is 298 g/mol. The Morgan fingerprint density at radius 3 is 2.74 bits per heavy atom. The standard InChI is InChI=1S/C17H21NO5/c19-16(20)7-5-13-3-1-2-8-18(13)17(21)12-4-6-14-15(11-12)23-10-9-22-14/h4,6,11,13H,1-3,5,7-10H2,(H,19,20)/t13-/m0/s1. The first kappa shape index (κ1) is 15.6. The van der Waals surface area contributed by atoms with Crippen LogP contribution in [-0.2, 0) is 4.79 Å². The number of carboxylic acids is 1. The van der Waals surface area contributed by atoms with Gasteiger partial charge in [0.05, 0.1) is 0 Å². The highest BCUT2D eigenvalue weighted by molar-refractivity contribution is 5.95. The Kier molecular flexibility index (Phi) is 4.69. The molecule has 1 aromatic rings. The largest absolute Gasteiger partial charge is 0.486 e. The molecule has 0 aliphatic carbocycles. The van der Waals surface area contributed by atoms with Crippen molar-refractivity contribution in [1.82, 2.24) is 4.90 Å². The summed E-state index contributed by atoms with van der Waals surface area (Å²) in [5.74, 6) is 0.384. The van der Waals surface area contributed by atoms with Crippen molar-refractivity contribution < 1.29 is 24.2 Å². The normalized spacial score (nSPS) is 20.2. The van der Waals surface area contributed by atoms with Gasteiger partial charge in [0, 0.05) is 24.6 Å². The number of benzene rings is 1. The molecule has 2 heterocycles. The number of carbonyl (C=O) groups is 2. The zero-order chi connectivity index (χ0) is 16.2. The molecule has 23 heavy (non-hydrogen) atoms. The molecule has 1 aromatic carbocycles. The topological polar surface area (TPSA) is 76.1 Å². The predicted molar refractivity (Wildman–Crippen MR) is 83.0 cm³/mol. The third-order valence-corrected chi connectivity index (χ3v) is 4.37. The molecule has 1 fully saturated rings. The molecule has 1 amide bonds. The van der Waals surface area contributed by atoms with Gasteiger partial charge in [-0.3, -0.25) is 9.59 Å². The molecule has 0 radical (unpaired) electrons. The van der Waals surface area contributed by atoms with E-state index in [1.54, 1.807) is 18.2 Å². The lowest BCUT2D eigenvalue weighted by atomic mass is 9.97. The summed E-state index contributed by atoms with van der Waals surface area (Å²) >= 11 is 0. The quantitative estimate of drug-likeness (QED) is 0.921. The molecule has 0 aromatic heterocycles. The molecule has 6 nitrogen and oxygen atoms in total. The van der Waals surface area contributed by atoms with E-state index in [0.29, 0.717) is 43.2 Å². The van der Waals surface area contributed by atoms with Crippen LogP contribution in [0.5, 0.6) is 11.5 Å². The smallest absolute Gasteiger partial charge is 0.303 e. The van der Waals surface area contributed by atoms with E-state index in [4.69, 9.17) is 14.6 Å². The van der Waals surface area contributed by atoms with Crippen molar-refractivity contribution in [2.45, 2.75) is 38.1 Å². The molecule has 6 heteroatoms. The SMILES string of the molecule is O=C(O)CC[C@@H]1CCCCN1C(=O)c1ccc2c(c1)OCCO2. The van der Waals surface area contributed by atoms with Crippen LogP contribution in [0.2, 0.25) is 0 Å². The molecule has 0 bridgehead atoms. The lowest BCUT2D eigenvalue weighted by Gasteiger charge is -2.36. The Balaban J connectivity index is 1.75. The lowest BCUT2D eigenvalue weighted by Crippen LogP contribution is -2.44. The molecule has 0 unspecified atom stereocenters. The number of fused-ring (bicyclic) bond motifs is 1. The predicted octanol–water partition coefficient (Wildman–Crippen LogP) is 2.32. The van der Waals surface area contributed by atoms with Crippen molar-refractivity contribution in [2.75, 3.05) is 19.8 Å². The maximum absolute atomic E-state index is 12.8. The van der Waals surface area contributed by atoms with Gasteiger partial charge in [-0.2, -0.15) is 0 Å². The Morgan fingerprint density at radius 1 is 1.17 bits per heavy atom. The van der Waals surface area contributed by atoms with Gasteiger partial charge >= 0.3 is 5.97 Å². The molecule has 1 N–H and O–H groups in total. The second-order valence-electron chi connectivity index (χ2n) is 5.94. The van der Waals surface area contributed by atoms with E-state index in [0.717, 1.165) is 19.3 Å². The van der Waals surface area contributed by atoms with Gasteiger partial charge in [-0.1, -0.05) is 0 Å². The molecule has 0 saturated carbocycles. The van der Waals surface area contributed by atoms with Crippen LogP contribution in [0.25, 0.3) is 0 Å². The van der Waals surface area contributed by atoms with Crippen LogP contribution in [0, 0.1) is 0 Å². The lowest BCUT2D eigenvalue weighted by molar-refractivity contribution is -0.137. The van der Waals surface area contributed by atoms with E-state index < -0.39 is 5.97 Å². The summed E-state index contributed by atoms with van der Waals surface area (Å²) in [5.41, 5.74) is 0.566. The zero-order valence-electron chi connectivity index (χ0n) is 13.0. The third kappa shape index (κ3) is 3.57. The van der Waals surface area contributed by atoms with Crippen molar-refractivity contribution in [1.29, 1.82) is 0 Å². The Labute approximate surface area is 135 Å². The van der Waals surface area contributed by atoms with Crippen LogP contribution in [0.15, 0.2) is 18.2 Å². The average Bonchev–Trinajstić information content (AvgIpc) is 2.59. The molecule has 1 saturated heterocycles. The summed E-state index contributed by atoms with van der Waals surface area (Å²) < 4.78 is 11.0. The fourth-order valence-corrected chi connectivity index (χ4v) is 3.20. The van der Waals surface area contributed by atoms with Gasteiger partial charge in [-0.25, -0.2) is 0 Å². The summed E-state index contributed by atoms with van der Waals surface area (Å²) in [7, 11) is 0. The van der Waals surface area contributed by atoms with Crippen molar-refractivity contribution in [3.8, 4) is 11.5 Å². The summed E-state index contributed by atoms with van der Waals surface area (Å²) in [6, 6.07) is 5.23. The monoisotopic (exact) mass is 319 g/mol. The number of aliphatic carboxylic acids is 1. The van der Waals surface area contributed by atoms with E-state index in [9.17, 15) is 9.59 Å². The molecule has 2 aliphatic rings. The Bertz CT molecular complexity index is 601. The zero-order valence-corrected chi connectivity index (χ0v) is 13.0. The number of rotatable bonds is 4. The second kappa shape index (κ2) is 6.89. The molecule has 124 valence electrons. The maximum Gasteiger partial charge on any atom is 0.303 e. The number of hydrogen-bond acceptors (Lipinski definition) is 4. The van der Waals surface area contributed by atoms with Crippen LogP contribution >= 0.6 is 0 Å². The van der Waals surface area contributed by atoms with Crippen molar-refractivity contribution in [3.63, 3.8) is 0 Å². The fourth-order valence-electron chi connectivity index (χ4n) is 3.20. The van der Waals surface area contributed by atoms with Gasteiger partial charge in [-0.05, 0) is 43.9 Å². The van der Waals surface area contributed by atoms with Gasteiger partial charge in [-0.15, -0.1) is 0 Å². The molecule has 3 rings (SSSR count). The van der Waals surface area contributed by atoms with E-state index in [2.05, 4.69) is 0 Å². The second-order valence-corrected chi connectivity index (χ2v) is 5.94. The first-order valence-electron chi connectivity index (χ1n) is 8.07. The molecule has 2 aliphatic heterocycles. The molecule has 1 atom stereocenters. The number of piperidine rings is 1. The van der Waals surface area contributed by atoms with Gasteiger partial charge in [0.25, 0.3) is 5.91 Å². The minimum Gasteiger partial charge on any atom is -0.486 e. The number of ether oxygens (including phenoxy) is 2. The summed E-state index contributed by atoms with van der Waals surface area (Å²) in [4.78, 5) is 25.5. The van der Waals surface area contributed by atoms with Crippen LogP contribution in [-0.4, -0.2) is 47.7 Å². The summed E-state index contributed by atoms with van der Waals surface area (Å²) in [6.07, 6.45) is 3.46. The average molecular weight is 319 g/mol. The highest BCUT2D eigenvalue weighted by Gasteiger charge is 2.28. The van der Waals surface area contributed by atoms with Crippen LogP contribution in [0.3, 0.4) is 0 Å². The Morgan fingerprint density at radius 2 is 1.96 bits per heavy atom. The van der Waals surface area contributed by atoms with Crippen molar-refractivity contribution >= 4 is 11.9 Å². The van der Waals surface area contributed by atoms with E-state index >= 15 is 0 Å². The number of likely N-dealkylation sites (tertiary alicyclic amines) is 1. The minimum absolute atomic E-state index is 0.000510. The van der Waals surface area contributed by atoms with Gasteiger partial charge in [0.2, 0.25) is 0 Å². The molecular formula is C17H21NO5. The van der Waals surface area contributed by atoms with Crippen LogP contribution in [0.4, 0.5) is 0 Å². The fraction of sp³-hybridized carbons (Fsp3) is 0.529. The van der Waals surface area contributed by atoms with E-state index in [-0.39, 0.29) is 18.4 Å². The third-order valence-electron chi connectivity index (χ3n) is 4.37. The van der Waals surface area contributed by atoms with Crippen LogP contribution in [0.1, 0.15) is 42.5 Å². The van der Waals surface area contributed by atoms with Gasteiger partial charge in [0.15, 0.2) is 11.5 Å². The number of nitrogens with zero attached hydrogens (tertiary/aromatic N) is 1. The number of carbonyl (C=O) groups excluding carboxylic acids is 1. The Hall–Kier alpha value is -2.24. The first-order valence-corrected chi connectivity index (χ1v) is 8.07. The van der Waals surface area contributed by atoms with Crippen molar-refractivity contribution in [2.24, 2.45) is 0 Å².